The van der Waals surface area contributed by atoms with Crippen LogP contribution in [0.15, 0.2) is 12.1 Å². The molecule has 0 spiro atoms. The van der Waals surface area contributed by atoms with Crippen molar-refractivity contribution < 1.29 is 0 Å². The van der Waals surface area contributed by atoms with Crippen LogP contribution in [-0.4, -0.2) is 18.6 Å². The second kappa shape index (κ2) is 4.58. The highest BCUT2D eigenvalue weighted by Gasteiger charge is 2.05. The smallest absolute Gasteiger partial charge is 0.0455 e. The van der Waals surface area contributed by atoms with E-state index in [0.29, 0.717) is 6.67 Å². The number of hydrogen-bond donors (Lipinski definition) is 1. The lowest BCUT2D eigenvalue weighted by Gasteiger charge is -2.18. The summed E-state index contributed by atoms with van der Waals surface area (Å²) in [5.74, 6) is 0. The van der Waals surface area contributed by atoms with Crippen LogP contribution in [-0.2, 0) is 6.54 Å². The average molecular weight is 192 g/mol. The van der Waals surface area contributed by atoms with E-state index < -0.39 is 0 Å². The van der Waals surface area contributed by atoms with Crippen molar-refractivity contribution in [2.75, 3.05) is 13.7 Å². The molecular weight excluding hydrogens is 172 g/mol. The Hall–Kier alpha value is -0.860. The molecule has 1 aromatic carbocycles. The van der Waals surface area contributed by atoms with Crippen LogP contribution in [0.25, 0.3) is 0 Å². The summed E-state index contributed by atoms with van der Waals surface area (Å²) in [6.45, 7) is 8.01. The molecule has 1 rings (SSSR count). The number of aryl methyl sites for hydroxylation is 3. The van der Waals surface area contributed by atoms with Crippen molar-refractivity contribution in [1.82, 2.24) is 4.90 Å². The maximum Gasteiger partial charge on any atom is 0.0455 e. The fraction of sp³-hybridized carbons (Fsp3) is 0.500. The van der Waals surface area contributed by atoms with Crippen molar-refractivity contribution in [1.29, 1.82) is 0 Å². The molecule has 0 heterocycles. The third kappa shape index (κ3) is 2.56. The highest BCUT2D eigenvalue weighted by atomic mass is 15.1. The standard InChI is InChI=1S/C12H20N2/c1-9-5-10(2)12(11(3)6-9)7-14(4)8-13/h5-6H,7-8,13H2,1-4H3. The van der Waals surface area contributed by atoms with Crippen molar-refractivity contribution in [2.24, 2.45) is 5.73 Å². The number of benzene rings is 1. The zero-order valence-corrected chi connectivity index (χ0v) is 9.59. The van der Waals surface area contributed by atoms with Crippen LogP contribution in [0, 0.1) is 20.8 Å². The molecule has 0 saturated carbocycles. The fourth-order valence-electron chi connectivity index (χ4n) is 1.79. The normalized spacial score (nSPS) is 11.0. The van der Waals surface area contributed by atoms with E-state index in [9.17, 15) is 0 Å². The van der Waals surface area contributed by atoms with Gasteiger partial charge in [-0.25, -0.2) is 0 Å². The summed E-state index contributed by atoms with van der Waals surface area (Å²) in [5, 5.41) is 0. The molecule has 0 atom stereocenters. The summed E-state index contributed by atoms with van der Waals surface area (Å²) in [6.07, 6.45) is 0. The van der Waals surface area contributed by atoms with Gasteiger partial charge in [-0.3, -0.25) is 4.90 Å². The Balaban J connectivity index is 2.96. The molecule has 1 aromatic rings. The maximum absolute atomic E-state index is 5.58. The topological polar surface area (TPSA) is 29.3 Å². The second-order valence-corrected chi connectivity index (χ2v) is 4.07. The fourth-order valence-corrected chi connectivity index (χ4v) is 1.79. The van der Waals surface area contributed by atoms with Crippen molar-refractivity contribution in [2.45, 2.75) is 27.3 Å². The molecule has 0 aliphatic rings. The third-order valence-electron chi connectivity index (χ3n) is 2.58. The van der Waals surface area contributed by atoms with Gasteiger partial charge in [0.05, 0.1) is 0 Å². The molecule has 2 N–H and O–H groups in total. The molecule has 0 radical (unpaired) electrons. The summed E-state index contributed by atoms with van der Waals surface area (Å²) >= 11 is 0. The largest absolute Gasteiger partial charge is 0.318 e. The molecule has 0 aliphatic heterocycles. The van der Waals surface area contributed by atoms with Gasteiger partial charge in [0.2, 0.25) is 0 Å². The van der Waals surface area contributed by atoms with E-state index in [0.717, 1.165) is 6.54 Å². The summed E-state index contributed by atoms with van der Waals surface area (Å²) < 4.78 is 0. The molecule has 2 heteroatoms. The Bertz CT molecular complexity index is 295. The van der Waals surface area contributed by atoms with Gasteiger partial charge in [0.15, 0.2) is 0 Å². The minimum absolute atomic E-state index is 0.604. The lowest BCUT2D eigenvalue weighted by molar-refractivity contribution is 0.336. The summed E-state index contributed by atoms with van der Waals surface area (Å²) in [5.41, 5.74) is 11.0. The van der Waals surface area contributed by atoms with E-state index in [-0.39, 0.29) is 0 Å². The van der Waals surface area contributed by atoms with Crippen LogP contribution < -0.4 is 5.73 Å². The highest BCUT2D eigenvalue weighted by Crippen LogP contribution is 2.17. The molecule has 0 saturated heterocycles. The first-order valence-corrected chi connectivity index (χ1v) is 5.00. The van der Waals surface area contributed by atoms with E-state index in [4.69, 9.17) is 5.73 Å². The van der Waals surface area contributed by atoms with Crippen LogP contribution in [0.1, 0.15) is 22.3 Å². The van der Waals surface area contributed by atoms with Gasteiger partial charge in [0.25, 0.3) is 0 Å². The van der Waals surface area contributed by atoms with Crippen LogP contribution in [0.2, 0.25) is 0 Å². The first-order chi connectivity index (χ1) is 6.54. The molecule has 0 unspecified atom stereocenters. The van der Waals surface area contributed by atoms with Gasteiger partial charge in [-0.2, -0.15) is 0 Å². The minimum atomic E-state index is 0.604. The van der Waals surface area contributed by atoms with Gasteiger partial charge < -0.3 is 5.73 Å². The highest BCUT2D eigenvalue weighted by molar-refractivity contribution is 5.37. The Morgan fingerprint density at radius 3 is 2.07 bits per heavy atom. The third-order valence-corrected chi connectivity index (χ3v) is 2.58. The van der Waals surface area contributed by atoms with E-state index in [1.807, 2.05) is 7.05 Å². The number of nitrogens with two attached hydrogens (primary N) is 1. The van der Waals surface area contributed by atoms with E-state index in [1.54, 1.807) is 0 Å². The van der Waals surface area contributed by atoms with Gasteiger partial charge >= 0.3 is 0 Å². The summed E-state index contributed by atoms with van der Waals surface area (Å²) in [6, 6.07) is 4.46. The lowest BCUT2D eigenvalue weighted by Crippen LogP contribution is -2.25. The molecule has 0 aliphatic carbocycles. The number of nitrogens with zero attached hydrogens (tertiary/aromatic N) is 1. The Morgan fingerprint density at radius 1 is 1.14 bits per heavy atom. The zero-order chi connectivity index (χ0) is 10.7. The molecule has 14 heavy (non-hydrogen) atoms. The van der Waals surface area contributed by atoms with Gasteiger partial charge in [-0.15, -0.1) is 0 Å². The predicted octanol–water partition coefficient (Wildman–Crippen LogP) is 1.96. The zero-order valence-electron chi connectivity index (χ0n) is 9.59. The summed E-state index contributed by atoms with van der Waals surface area (Å²) in [4.78, 5) is 2.12. The molecule has 0 aromatic heterocycles. The molecule has 0 bridgehead atoms. The first kappa shape index (κ1) is 11.2. The first-order valence-electron chi connectivity index (χ1n) is 5.00. The summed E-state index contributed by atoms with van der Waals surface area (Å²) in [7, 11) is 2.04. The number of rotatable bonds is 3. The Morgan fingerprint density at radius 2 is 1.64 bits per heavy atom. The molecule has 0 fully saturated rings. The lowest BCUT2D eigenvalue weighted by atomic mass is 9.99. The Kier molecular flexibility index (Phi) is 3.67. The SMILES string of the molecule is Cc1cc(C)c(CN(C)CN)c(C)c1. The quantitative estimate of drug-likeness (QED) is 0.742. The predicted molar refractivity (Wildman–Crippen MR) is 61.2 cm³/mol. The van der Waals surface area contributed by atoms with E-state index in [1.165, 1.54) is 22.3 Å². The number of hydrogen-bond acceptors (Lipinski definition) is 2. The van der Waals surface area contributed by atoms with Crippen LogP contribution in [0.4, 0.5) is 0 Å². The van der Waals surface area contributed by atoms with Crippen molar-refractivity contribution in [3.63, 3.8) is 0 Å². The molecule has 2 nitrogen and oxygen atoms in total. The van der Waals surface area contributed by atoms with Crippen molar-refractivity contribution >= 4 is 0 Å². The van der Waals surface area contributed by atoms with Gasteiger partial charge in [0.1, 0.15) is 0 Å². The van der Waals surface area contributed by atoms with Gasteiger partial charge in [-0.1, -0.05) is 17.7 Å². The van der Waals surface area contributed by atoms with Gasteiger partial charge in [0, 0.05) is 13.2 Å². The van der Waals surface area contributed by atoms with E-state index >= 15 is 0 Å². The second-order valence-electron chi connectivity index (χ2n) is 4.07. The maximum atomic E-state index is 5.58. The molecular formula is C12H20N2. The van der Waals surface area contributed by atoms with Crippen LogP contribution in [0.5, 0.6) is 0 Å². The van der Waals surface area contributed by atoms with Crippen molar-refractivity contribution in [3.8, 4) is 0 Å². The Labute approximate surface area is 86.7 Å². The van der Waals surface area contributed by atoms with Gasteiger partial charge in [-0.05, 0) is 44.5 Å². The average Bonchev–Trinajstić information content (AvgIpc) is 2.10. The van der Waals surface area contributed by atoms with Crippen LogP contribution >= 0.6 is 0 Å². The monoisotopic (exact) mass is 192 g/mol. The van der Waals surface area contributed by atoms with Crippen LogP contribution in [0.3, 0.4) is 0 Å². The minimum Gasteiger partial charge on any atom is -0.318 e. The molecule has 0 amide bonds. The molecule has 78 valence electrons. The van der Waals surface area contributed by atoms with E-state index in [2.05, 4.69) is 37.8 Å². The van der Waals surface area contributed by atoms with Crippen molar-refractivity contribution in [3.05, 3.63) is 34.4 Å².